The quantitative estimate of drug-likeness (QED) is 0.624. The summed E-state index contributed by atoms with van der Waals surface area (Å²) in [4.78, 5) is 46.3. The van der Waals surface area contributed by atoms with Gasteiger partial charge < -0.3 is 5.73 Å². The van der Waals surface area contributed by atoms with Crippen LogP contribution >= 0.6 is 0 Å². The molecule has 0 fully saturated rings. The predicted molar refractivity (Wildman–Crippen MR) is 117 cm³/mol. The molecule has 2 aromatic heterocycles. The molecule has 0 bridgehead atoms. The second-order valence-corrected chi connectivity index (χ2v) is 7.04. The number of nitrogens with zero attached hydrogens (tertiary/aromatic N) is 3. The van der Waals surface area contributed by atoms with Gasteiger partial charge in [-0.15, -0.1) is 0 Å². The number of H-pyrrole nitrogens is 1. The van der Waals surface area contributed by atoms with Crippen LogP contribution in [0.4, 0.5) is 11.5 Å². The van der Waals surface area contributed by atoms with E-state index in [1.54, 1.807) is 25.1 Å². The molecule has 156 valence electrons. The summed E-state index contributed by atoms with van der Waals surface area (Å²) in [7, 11) is 0. The van der Waals surface area contributed by atoms with Crippen molar-refractivity contribution in [3.8, 4) is 0 Å². The van der Waals surface area contributed by atoms with Gasteiger partial charge in [0, 0.05) is 12.2 Å². The van der Waals surface area contributed by atoms with Crippen molar-refractivity contribution in [2.75, 3.05) is 10.6 Å². The number of amides is 1. The summed E-state index contributed by atoms with van der Waals surface area (Å²) in [6, 6.07) is 14.4. The van der Waals surface area contributed by atoms with Crippen molar-refractivity contribution < 1.29 is 4.79 Å². The lowest BCUT2D eigenvalue weighted by Crippen LogP contribution is -2.41. The number of anilines is 2. The van der Waals surface area contributed by atoms with Gasteiger partial charge in [-0.05, 0) is 31.0 Å². The van der Waals surface area contributed by atoms with Crippen LogP contribution in [0.1, 0.15) is 41.5 Å². The molecule has 1 aromatic carbocycles. The van der Waals surface area contributed by atoms with Crippen LogP contribution in [0, 0.1) is 6.92 Å². The topological polar surface area (TPSA) is 114 Å². The Balaban J connectivity index is 2.16. The number of pyridine rings is 1. The minimum Gasteiger partial charge on any atom is -0.383 e. The van der Waals surface area contributed by atoms with Crippen molar-refractivity contribution >= 4 is 17.4 Å². The van der Waals surface area contributed by atoms with Gasteiger partial charge in [-0.3, -0.25) is 24.0 Å². The lowest BCUT2D eigenvalue weighted by Gasteiger charge is -2.24. The van der Waals surface area contributed by atoms with Gasteiger partial charge in [0.25, 0.3) is 11.5 Å². The Hall–Kier alpha value is -3.68. The van der Waals surface area contributed by atoms with Gasteiger partial charge in [-0.25, -0.2) is 9.78 Å². The van der Waals surface area contributed by atoms with Gasteiger partial charge in [-0.2, -0.15) is 0 Å². The SMILES string of the molecule is CCCCn1c(N)c(N(Cc2ccccc2)C(=O)c2cccc(C)n2)c(=O)[nH]c1=O. The van der Waals surface area contributed by atoms with Crippen molar-refractivity contribution in [1.29, 1.82) is 0 Å². The number of nitrogen functional groups attached to an aromatic ring is 1. The van der Waals surface area contributed by atoms with Crippen LogP contribution in [0.25, 0.3) is 0 Å². The molecule has 3 N–H and O–H groups in total. The van der Waals surface area contributed by atoms with Gasteiger partial charge in [-0.1, -0.05) is 49.7 Å². The average Bonchev–Trinajstić information content (AvgIpc) is 2.73. The van der Waals surface area contributed by atoms with Gasteiger partial charge in [0.1, 0.15) is 11.5 Å². The molecule has 0 saturated heterocycles. The number of unbranched alkanes of at least 4 members (excludes halogenated alkanes) is 1. The van der Waals surface area contributed by atoms with Crippen LogP contribution < -0.4 is 21.9 Å². The van der Waals surface area contributed by atoms with Crippen molar-refractivity contribution in [1.82, 2.24) is 14.5 Å². The lowest BCUT2D eigenvalue weighted by atomic mass is 10.2. The first-order valence-corrected chi connectivity index (χ1v) is 9.84. The second kappa shape index (κ2) is 9.21. The molecule has 8 heteroatoms. The minimum absolute atomic E-state index is 0.0332. The predicted octanol–water partition coefficient (Wildman–Crippen LogP) is 2.47. The number of nitrogens with one attached hydrogen (secondary N) is 1. The van der Waals surface area contributed by atoms with Crippen molar-refractivity contribution in [3.63, 3.8) is 0 Å². The number of carbonyl (C=O) groups excluding carboxylic acids is 1. The molecule has 8 nitrogen and oxygen atoms in total. The van der Waals surface area contributed by atoms with Crippen LogP contribution in [0.15, 0.2) is 58.1 Å². The van der Waals surface area contributed by atoms with E-state index in [1.807, 2.05) is 37.3 Å². The third-order valence-corrected chi connectivity index (χ3v) is 4.76. The zero-order valence-corrected chi connectivity index (χ0v) is 17.1. The van der Waals surface area contributed by atoms with E-state index in [1.165, 1.54) is 9.47 Å². The molecular formula is C22H25N5O3. The number of aromatic amines is 1. The summed E-state index contributed by atoms with van der Waals surface area (Å²) in [5.41, 5.74) is 6.58. The fourth-order valence-electron chi connectivity index (χ4n) is 3.20. The van der Waals surface area contributed by atoms with E-state index < -0.39 is 17.2 Å². The molecule has 3 rings (SSSR count). The number of carbonyl (C=O) groups is 1. The van der Waals surface area contributed by atoms with Gasteiger partial charge in [0.15, 0.2) is 5.69 Å². The molecule has 30 heavy (non-hydrogen) atoms. The summed E-state index contributed by atoms with van der Waals surface area (Å²) in [5.74, 6) is -0.505. The summed E-state index contributed by atoms with van der Waals surface area (Å²) in [6.45, 7) is 4.22. The Morgan fingerprint density at radius 1 is 1.13 bits per heavy atom. The molecule has 0 radical (unpaired) electrons. The maximum atomic E-state index is 13.4. The zero-order valence-electron chi connectivity index (χ0n) is 17.1. The van der Waals surface area contributed by atoms with E-state index in [9.17, 15) is 14.4 Å². The zero-order chi connectivity index (χ0) is 21.7. The van der Waals surface area contributed by atoms with E-state index >= 15 is 0 Å². The molecule has 0 spiro atoms. The fourth-order valence-corrected chi connectivity index (χ4v) is 3.20. The third kappa shape index (κ3) is 4.48. The number of nitrogens with two attached hydrogens (primary N) is 1. The van der Waals surface area contributed by atoms with Crippen LogP contribution in [-0.2, 0) is 13.1 Å². The Labute approximate surface area is 174 Å². The van der Waals surface area contributed by atoms with E-state index in [4.69, 9.17) is 5.73 Å². The smallest absolute Gasteiger partial charge is 0.330 e. The van der Waals surface area contributed by atoms with Crippen LogP contribution in [0.2, 0.25) is 0 Å². The number of hydrogen-bond acceptors (Lipinski definition) is 5. The summed E-state index contributed by atoms with van der Waals surface area (Å²) >= 11 is 0. The van der Waals surface area contributed by atoms with Crippen molar-refractivity contribution in [3.05, 3.63) is 86.3 Å². The van der Waals surface area contributed by atoms with Gasteiger partial charge >= 0.3 is 5.69 Å². The van der Waals surface area contributed by atoms with Crippen molar-refractivity contribution in [2.45, 2.75) is 39.8 Å². The molecule has 3 aromatic rings. The van der Waals surface area contributed by atoms with E-state index in [0.29, 0.717) is 18.7 Å². The first-order valence-electron chi connectivity index (χ1n) is 9.84. The number of aromatic nitrogens is 3. The van der Waals surface area contributed by atoms with Crippen molar-refractivity contribution in [2.24, 2.45) is 0 Å². The van der Waals surface area contributed by atoms with Crippen LogP contribution in [-0.4, -0.2) is 20.4 Å². The number of benzene rings is 1. The number of rotatable bonds is 7. The summed E-state index contributed by atoms with van der Waals surface area (Å²) in [5, 5.41) is 0. The van der Waals surface area contributed by atoms with Crippen LogP contribution in [0.3, 0.4) is 0 Å². The highest BCUT2D eigenvalue weighted by Crippen LogP contribution is 2.22. The first kappa shape index (κ1) is 21.0. The molecule has 0 aliphatic heterocycles. The molecule has 0 saturated carbocycles. The Morgan fingerprint density at radius 3 is 2.53 bits per heavy atom. The standard InChI is InChI=1S/C22H25N5O3/c1-3-4-13-26-19(23)18(20(28)25-22(26)30)27(14-16-10-6-5-7-11-16)21(29)17-12-8-9-15(2)24-17/h5-12H,3-4,13-14,23H2,1-2H3,(H,25,28,30). The highest BCUT2D eigenvalue weighted by Gasteiger charge is 2.26. The molecule has 0 aliphatic rings. The highest BCUT2D eigenvalue weighted by molar-refractivity contribution is 6.05. The summed E-state index contributed by atoms with van der Waals surface area (Å²) in [6.07, 6.45) is 1.56. The largest absolute Gasteiger partial charge is 0.383 e. The monoisotopic (exact) mass is 407 g/mol. The highest BCUT2D eigenvalue weighted by atomic mass is 16.2. The fraction of sp³-hybridized carbons (Fsp3) is 0.273. The van der Waals surface area contributed by atoms with Gasteiger partial charge in [0.05, 0.1) is 6.54 Å². The minimum atomic E-state index is -0.706. The average molecular weight is 407 g/mol. The van der Waals surface area contributed by atoms with Gasteiger partial charge in [0.2, 0.25) is 0 Å². The molecule has 1 amide bonds. The second-order valence-electron chi connectivity index (χ2n) is 7.04. The maximum Gasteiger partial charge on any atom is 0.330 e. The van der Waals surface area contributed by atoms with E-state index in [2.05, 4.69) is 9.97 Å². The molecule has 2 heterocycles. The first-order chi connectivity index (χ1) is 14.4. The molecule has 0 atom stereocenters. The third-order valence-electron chi connectivity index (χ3n) is 4.76. The Kier molecular flexibility index (Phi) is 6.46. The Morgan fingerprint density at radius 2 is 1.87 bits per heavy atom. The van der Waals surface area contributed by atoms with E-state index in [0.717, 1.165) is 12.0 Å². The van der Waals surface area contributed by atoms with Crippen LogP contribution in [0.5, 0.6) is 0 Å². The molecule has 0 unspecified atom stereocenters. The Bertz CT molecular complexity index is 1150. The number of aryl methyl sites for hydroxylation is 1. The number of hydrogen-bond donors (Lipinski definition) is 2. The summed E-state index contributed by atoms with van der Waals surface area (Å²) < 4.78 is 1.30. The van der Waals surface area contributed by atoms with E-state index in [-0.39, 0.29) is 23.7 Å². The molecule has 0 aliphatic carbocycles. The lowest BCUT2D eigenvalue weighted by molar-refractivity contribution is 0.0979. The normalized spacial score (nSPS) is 10.7. The maximum absolute atomic E-state index is 13.4. The molecular weight excluding hydrogens is 382 g/mol.